The van der Waals surface area contributed by atoms with Gasteiger partial charge in [-0.15, -0.1) is 0 Å². The third-order valence-corrected chi connectivity index (χ3v) is 4.83. The number of rotatable bonds is 7. The number of carbonyl (C=O) groups excluding carboxylic acids is 2. The molecule has 2 heterocycles. The van der Waals surface area contributed by atoms with E-state index in [1.807, 2.05) is 0 Å². The summed E-state index contributed by atoms with van der Waals surface area (Å²) < 4.78 is 16.1. The SMILES string of the molecule is COc1cc(-c2cnc3[nH]cc(C(=O)C(=O)c4ccccc4)c3n2)cc(OC)c1OC. The van der Waals surface area contributed by atoms with E-state index in [-0.39, 0.29) is 5.56 Å². The summed E-state index contributed by atoms with van der Waals surface area (Å²) in [5.74, 6) is 0.107. The van der Waals surface area contributed by atoms with Crippen LogP contribution in [0.1, 0.15) is 20.7 Å². The lowest BCUT2D eigenvalue weighted by Crippen LogP contribution is -2.14. The first-order valence-electron chi connectivity index (χ1n) is 9.36. The molecule has 0 atom stereocenters. The van der Waals surface area contributed by atoms with Gasteiger partial charge < -0.3 is 19.2 Å². The van der Waals surface area contributed by atoms with Crippen LogP contribution in [0.3, 0.4) is 0 Å². The predicted molar refractivity (Wildman–Crippen MR) is 114 cm³/mol. The van der Waals surface area contributed by atoms with Crippen LogP contribution in [0.2, 0.25) is 0 Å². The van der Waals surface area contributed by atoms with Crippen LogP contribution >= 0.6 is 0 Å². The fourth-order valence-corrected chi connectivity index (χ4v) is 3.28. The Morgan fingerprint density at radius 2 is 1.58 bits per heavy atom. The quantitative estimate of drug-likeness (QED) is 0.361. The summed E-state index contributed by atoms with van der Waals surface area (Å²) in [6.45, 7) is 0. The number of aromatic nitrogens is 3. The second kappa shape index (κ2) is 8.27. The number of aromatic amines is 1. The molecule has 0 saturated carbocycles. The number of hydrogen-bond donors (Lipinski definition) is 1. The fraction of sp³-hybridized carbons (Fsp3) is 0.130. The van der Waals surface area contributed by atoms with Gasteiger partial charge in [0.1, 0.15) is 5.52 Å². The van der Waals surface area contributed by atoms with Crippen LogP contribution in [0.5, 0.6) is 17.2 Å². The number of fused-ring (bicyclic) bond motifs is 1. The lowest BCUT2D eigenvalue weighted by Gasteiger charge is -2.13. The molecule has 4 aromatic rings. The summed E-state index contributed by atoms with van der Waals surface area (Å²) >= 11 is 0. The standard InChI is InChI=1S/C23H19N3O5/c1-29-17-9-14(10-18(30-2)22(17)31-3)16-12-25-23-19(26-16)15(11-24-23)21(28)20(27)13-7-5-4-6-8-13/h4-12H,1-3H3,(H,24,25). The minimum atomic E-state index is -0.659. The Balaban J connectivity index is 1.79. The number of H-pyrrole nitrogens is 1. The van der Waals surface area contributed by atoms with E-state index < -0.39 is 11.6 Å². The maximum atomic E-state index is 12.9. The van der Waals surface area contributed by atoms with E-state index in [4.69, 9.17) is 14.2 Å². The van der Waals surface area contributed by atoms with E-state index in [9.17, 15) is 9.59 Å². The Morgan fingerprint density at radius 3 is 2.19 bits per heavy atom. The predicted octanol–water partition coefficient (Wildman–Crippen LogP) is 3.72. The number of nitrogens with one attached hydrogen (secondary N) is 1. The third-order valence-electron chi connectivity index (χ3n) is 4.83. The highest BCUT2D eigenvalue weighted by molar-refractivity contribution is 6.50. The van der Waals surface area contributed by atoms with Crippen molar-refractivity contribution in [1.82, 2.24) is 15.0 Å². The normalized spacial score (nSPS) is 10.7. The van der Waals surface area contributed by atoms with Gasteiger partial charge in [-0.05, 0) is 12.1 Å². The minimum absolute atomic E-state index is 0.158. The van der Waals surface area contributed by atoms with Gasteiger partial charge in [0.15, 0.2) is 17.1 Å². The second-order valence-electron chi connectivity index (χ2n) is 6.59. The molecule has 156 valence electrons. The summed E-state index contributed by atoms with van der Waals surface area (Å²) in [6.07, 6.45) is 3.01. The molecule has 0 radical (unpaired) electrons. The van der Waals surface area contributed by atoms with Gasteiger partial charge in [-0.1, -0.05) is 30.3 Å². The topological polar surface area (TPSA) is 103 Å². The first-order valence-corrected chi connectivity index (χ1v) is 9.36. The van der Waals surface area contributed by atoms with Crippen molar-refractivity contribution < 1.29 is 23.8 Å². The largest absolute Gasteiger partial charge is 0.493 e. The molecule has 1 N–H and O–H groups in total. The molecule has 0 fully saturated rings. The number of nitrogens with zero attached hydrogens (tertiary/aromatic N) is 2. The number of carbonyl (C=O) groups is 2. The number of benzene rings is 2. The molecule has 2 aromatic carbocycles. The Kier molecular flexibility index (Phi) is 5.36. The first-order chi connectivity index (χ1) is 15.1. The molecule has 0 aliphatic rings. The van der Waals surface area contributed by atoms with Crippen LogP contribution in [0, 0.1) is 0 Å². The van der Waals surface area contributed by atoms with Crippen molar-refractivity contribution in [1.29, 1.82) is 0 Å². The summed E-state index contributed by atoms with van der Waals surface area (Å²) in [5, 5.41) is 0. The number of ketones is 2. The van der Waals surface area contributed by atoms with Crippen molar-refractivity contribution in [3.63, 3.8) is 0 Å². The van der Waals surface area contributed by atoms with Gasteiger partial charge in [0.2, 0.25) is 17.3 Å². The zero-order chi connectivity index (χ0) is 22.0. The molecular formula is C23H19N3O5. The second-order valence-corrected chi connectivity index (χ2v) is 6.59. The van der Waals surface area contributed by atoms with E-state index in [0.29, 0.717) is 45.2 Å². The molecule has 2 aromatic heterocycles. The maximum absolute atomic E-state index is 12.9. The summed E-state index contributed by atoms with van der Waals surface area (Å²) in [6, 6.07) is 11.9. The molecule has 0 unspecified atom stereocenters. The molecular weight excluding hydrogens is 398 g/mol. The summed E-state index contributed by atoms with van der Waals surface area (Å²) in [4.78, 5) is 37.3. The van der Waals surface area contributed by atoms with Crippen LogP contribution < -0.4 is 14.2 Å². The van der Waals surface area contributed by atoms with Crippen LogP contribution in [-0.2, 0) is 0 Å². The van der Waals surface area contributed by atoms with E-state index in [1.54, 1.807) is 48.7 Å². The highest BCUT2D eigenvalue weighted by Crippen LogP contribution is 2.40. The Labute approximate surface area is 177 Å². The van der Waals surface area contributed by atoms with Gasteiger partial charge in [-0.25, -0.2) is 9.97 Å². The van der Waals surface area contributed by atoms with E-state index >= 15 is 0 Å². The molecule has 8 nitrogen and oxygen atoms in total. The first kappa shape index (κ1) is 20.1. The number of hydrogen-bond acceptors (Lipinski definition) is 7. The summed E-state index contributed by atoms with van der Waals surface area (Å²) in [5.41, 5.74) is 2.31. The van der Waals surface area contributed by atoms with Gasteiger partial charge in [-0.3, -0.25) is 9.59 Å². The monoisotopic (exact) mass is 417 g/mol. The number of ether oxygens (including phenoxy) is 3. The molecule has 0 amide bonds. The van der Waals surface area contributed by atoms with E-state index in [2.05, 4.69) is 15.0 Å². The lowest BCUT2D eigenvalue weighted by atomic mass is 10.0. The van der Waals surface area contributed by atoms with Crippen molar-refractivity contribution in [2.45, 2.75) is 0 Å². The molecule has 0 aliphatic carbocycles. The zero-order valence-electron chi connectivity index (χ0n) is 17.1. The Hall–Kier alpha value is -4.20. The molecule has 31 heavy (non-hydrogen) atoms. The van der Waals surface area contributed by atoms with Gasteiger partial charge >= 0.3 is 0 Å². The highest BCUT2D eigenvalue weighted by Gasteiger charge is 2.23. The van der Waals surface area contributed by atoms with Crippen molar-refractivity contribution in [3.8, 4) is 28.5 Å². The van der Waals surface area contributed by atoms with Crippen molar-refractivity contribution in [2.75, 3.05) is 21.3 Å². The van der Waals surface area contributed by atoms with Crippen molar-refractivity contribution in [2.24, 2.45) is 0 Å². The smallest absolute Gasteiger partial charge is 0.237 e. The average Bonchev–Trinajstić information content (AvgIpc) is 3.25. The fourth-order valence-electron chi connectivity index (χ4n) is 3.28. The van der Waals surface area contributed by atoms with Gasteiger partial charge in [-0.2, -0.15) is 0 Å². The molecule has 4 rings (SSSR count). The Morgan fingerprint density at radius 1 is 0.903 bits per heavy atom. The zero-order valence-corrected chi connectivity index (χ0v) is 17.1. The van der Waals surface area contributed by atoms with Crippen LogP contribution in [0.25, 0.3) is 22.4 Å². The van der Waals surface area contributed by atoms with Crippen LogP contribution in [-0.4, -0.2) is 47.8 Å². The molecule has 8 heteroatoms. The van der Waals surface area contributed by atoms with E-state index in [0.717, 1.165) is 0 Å². The van der Waals surface area contributed by atoms with Gasteiger partial charge in [0, 0.05) is 17.3 Å². The molecule has 0 aliphatic heterocycles. The molecule has 0 bridgehead atoms. The third kappa shape index (κ3) is 3.59. The van der Waals surface area contributed by atoms with Crippen molar-refractivity contribution in [3.05, 3.63) is 66.0 Å². The van der Waals surface area contributed by atoms with Gasteiger partial charge in [0.05, 0.1) is 38.8 Å². The molecule has 0 spiro atoms. The minimum Gasteiger partial charge on any atom is -0.493 e. The lowest BCUT2D eigenvalue weighted by molar-refractivity contribution is 0.0818. The van der Waals surface area contributed by atoms with Crippen molar-refractivity contribution >= 4 is 22.7 Å². The average molecular weight is 417 g/mol. The molecule has 0 saturated heterocycles. The summed E-state index contributed by atoms with van der Waals surface area (Å²) in [7, 11) is 4.56. The van der Waals surface area contributed by atoms with Gasteiger partial charge in [0.25, 0.3) is 0 Å². The highest BCUT2D eigenvalue weighted by atomic mass is 16.5. The number of methoxy groups -OCH3 is 3. The maximum Gasteiger partial charge on any atom is 0.237 e. The van der Waals surface area contributed by atoms with Crippen LogP contribution in [0.4, 0.5) is 0 Å². The number of Topliss-reactive ketones (excluding diaryl/α,β-unsaturated/α-hetero) is 2. The Bertz CT molecular complexity index is 1260. The van der Waals surface area contributed by atoms with Crippen LogP contribution in [0.15, 0.2) is 54.9 Å². The van der Waals surface area contributed by atoms with E-state index in [1.165, 1.54) is 27.5 Å².